The first-order chi connectivity index (χ1) is 14.5. The van der Waals surface area contributed by atoms with E-state index < -0.39 is 17.5 Å². The first-order valence-electron chi connectivity index (χ1n) is 10.3. The maximum Gasteiger partial charge on any atom is 0.277 e. The molecule has 1 aliphatic heterocycles. The van der Waals surface area contributed by atoms with Crippen LogP contribution in [0.3, 0.4) is 0 Å². The molecule has 1 fully saturated rings. The van der Waals surface area contributed by atoms with E-state index in [9.17, 15) is 9.59 Å². The van der Waals surface area contributed by atoms with Gasteiger partial charge in [-0.2, -0.15) is 0 Å². The van der Waals surface area contributed by atoms with Gasteiger partial charge in [0.2, 0.25) is 5.72 Å². The zero-order chi connectivity index (χ0) is 23.0. The van der Waals surface area contributed by atoms with Crippen LogP contribution < -0.4 is 10.6 Å². The predicted octanol–water partition coefficient (Wildman–Crippen LogP) is 4.09. The second kappa shape index (κ2) is 8.19. The van der Waals surface area contributed by atoms with Crippen molar-refractivity contribution in [2.24, 2.45) is 0 Å². The minimum absolute atomic E-state index is 0.176. The van der Waals surface area contributed by atoms with E-state index in [-0.39, 0.29) is 11.1 Å². The van der Waals surface area contributed by atoms with Crippen molar-refractivity contribution in [1.82, 2.24) is 15.6 Å². The Hall–Kier alpha value is -3.12. The fraction of sp³-hybridized carbons (Fsp3) is 0.360. The van der Waals surface area contributed by atoms with Crippen molar-refractivity contribution in [3.63, 3.8) is 0 Å². The van der Waals surface area contributed by atoms with Crippen LogP contribution in [-0.2, 0) is 26.2 Å². The molecule has 0 spiro atoms. The summed E-state index contributed by atoms with van der Waals surface area (Å²) in [4.78, 5) is 28.7. The van der Waals surface area contributed by atoms with E-state index in [1.165, 1.54) is 25.2 Å². The molecule has 6 nitrogen and oxygen atoms in total. The van der Waals surface area contributed by atoms with Gasteiger partial charge in [0.25, 0.3) is 11.8 Å². The van der Waals surface area contributed by atoms with Crippen molar-refractivity contribution in [2.75, 3.05) is 7.11 Å². The SMILES string of the molecule is C=CC(C)(C)c1[nH]c2cc(CC=C(C)C)ccc2c1/C=C1\NC(=O)C(C)(OC)NC1=O. The van der Waals surface area contributed by atoms with Crippen LogP contribution in [-0.4, -0.2) is 29.6 Å². The molecule has 2 heterocycles. The number of aromatic amines is 1. The summed E-state index contributed by atoms with van der Waals surface area (Å²) in [5.41, 5.74) is 3.62. The highest BCUT2D eigenvalue weighted by atomic mass is 16.5. The first kappa shape index (κ1) is 22.6. The van der Waals surface area contributed by atoms with Crippen LogP contribution in [0.2, 0.25) is 0 Å². The van der Waals surface area contributed by atoms with E-state index in [4.69, 9.17) is 4.74 Å². The van der Waals surface area contributed by atoms with Gasteiger partial charge in [0, 0.05) is 34.7 Å². The lowest BCUT2D eigenvalue weighted by atomic mass is 9.86. The molecule has 31 heavy (non-hydrogen) atoms. The Morgan fingerprint density at radius 1 is 1.26 bits per heavy atom. The van der Waals surface area contributed by atoms with E-state index in [1.807, 2.05) is 6.08 Å². The van der Waals surface area contributed by atoms with Gasteiger partial charge in [-0.1, -0.05) is 43.7 Å². The largest absolute Gasteiger partial charge is 0.357 e. The quantitative estimate of drug-likeness (QED) is 0.485. The summed E-state index contributed by atoms with van der Waals surface area (Å²) in [5.74, 6) is -0.824. The number of hydrogen-bond acceptors (Lipinski definition) is 3. The Balaban J connectivity index is 2.14. The van der Waals surface area contributed by atoms with Gasteiger partial charge in [-0.25, -0.2) is 0 Å². The molecule has 0 bridgehead atoms. The molecular weight excluding hydrogens is 390 g/mol. The van der Waals surface area contributed by atoms with Crippen molar-refractivity contribution in [1.29, 1.82) is 0 Å². The molecule has 1 aromatic heterocycles. The summed E-state index contributed by atoms with van der Waals surface area (Å²) in [6, 6.07) is 6.27. The number of hydrogen-bond donors (Lipinski definition) is 3. The highest BCUT2D eigenvalue weighted by Crippen LogP contribution is 2.34. The molecule has 2 aromatic rings. The fourth-order valence-corrected chi connectivity index (χ4v) is 3.50. The Kier molecular flexibility index (Phi) is 5.96. The maximum atomic E-state index is 12.7. The molecule has 6 heteroatoms. The number of aromatic nitrogens is 1. The number of carbonyl (C=O) groups excluding carboxylic acids is 2. The number of carbonyl (C=O) groups is 2. The standard InChI is InChI=1S/C25H31N3O3/c1-8-24(4,5)21-18(14-20-22(29)28-25(6,31-7)23(30)27-20)17-12-11-16(10-9-15(2)3)13-19(17)26-21/h8-9,11-14,26H,1,10H2,2-7H3,(H,27,30)(H,28,29)/b20-14-. The third-order valence-electron chi connectivity index (χ3n) is 5.78. The number of piperazine rings is 1. The van der Waals surface area contributed by atoms with Crippen molar-refractivity contribution < 1.29 is 14.3 Å². The number of methoxy groups -OCH3 is 1. The minimum atomic E-state index is -1.39. The van der Waals surface area contributed by atoms with Gasteiger partial charge < -0.3 is 20.4 Å². The molecule has 1 unspecified atom stereocenters. The molecule has 0 radical (unpaired) electrons. The third kappa shape index (κ3) is 4.35. The number of ether oxygens (including phenoxy) is 1. The Morgan fingerprint density at radius 2 is 1.97 bits per heavy atom. The van der Waals surface area contributed by atoms with Gasteiger partial charge in [-0.3, -0.25) is 9.59 Å². The number of benzene rings is 1. The van der Waals surface area contributed by atoms with Crippen LogP contribution in [0.15, 0.2) is 48.2 Å². The first-order valence-corrected chi connectivity index (χ1v) is 10.3. The summed E-state index contributed by atoms with van der Waals surface area (Å²) in [7, 11) is 1.38. The maximum absolute atomic E-state index is 12.7. The van der Waals surface area contributed by atoms with Crippen LogP contribution in [0.1, 0.15) is 51.4 Å². The molecule has 0 aliphatic carbocycles. The monoisotopic (exact) mass is 421 g/mol. The van der Waals surface area contributed by atoms with Crippen LogP contribution in [0, 0.1) is 0 Å². The van der Waals surface area contributed by atoms with Gasteiger partial charge in [-0.05, 0) is 44.9 Å². The van der Waals surface area contributed by atoms with Crippen molar-refractivity contribution >= 4 is 28.8 Å². The van der Waals surface area contributed by atoms with E-state index in [2.05, 4.69) is 74.2 Å². The van der Waals surface area contributed by atoms with Gasteiger partial charge in [-0.15, -0.1) is 6.58 Å². The normalized spacial score (nSPS) is 20.5. The van der Waals surface area contributed by atoms with Crippen LogP contribution in [0.5, 0.6) is 0 Å². The topological polar surface area (TPSA) is 83.2 Å². The zero-order valence-electron chi connectivity index (χ0n) is 19.1. The molecule has 1 saturated heterocycles. The van der Waals surface area contributed by atoms with Crippen molar-refractivity contribution in [3.05, 3.63) is 65.0 Å². The predicted molar refractivity (Wildman–Crippen MR) is 124 cm³/mol. The van der Waals surface area contributed by atoms with Gasteiger partial charge in [0.05, 0.1) is 0 Å². The smallest absolute Gasteiger partial charge is 0.277 e. The number of H-pyrrole nitrogens is 1. The molecule has 3 rings (SSSR count). The fourth-order valence-electron chi connectivity index (χ4n) is 3.50. The third-order valence-corrected chi connectivity index (χ3v) is 5.78. The summed E-state index contributed by atoms with van der Waals surface area (Å²) in [6.45, 7) is 13.8. The zero-order valence-corrected chi connectivity index (χ0v) is 19.1. The second-order valence-electron chi connectivity index (χ2n) is 8.91. The lowest BCUT2D eigenvalue weighted by molar-refractivity contribution is -0.153. The highest BCUT2D eigenvalue weighted by molar-refractivity contribution is 6.09. The van der Waals surface area contributed by atoms with E-state index >= 15 is 0 Å². The Labute approximate surface area is 183 Å². The average Bonchev–Trinajstić information content (AvgIpc) is 3.09. The molecule has 3 N–H and O–H groups in total. The number of nitrogens with one attached hydrogen (secondary N) is 3. The molecule has 1 aliphatic rings. The van der Waals surface area contributed by atoms with Crippen LogP contribution in [0.4, 0.5) is 0 Å². The molecule has 1 atom stereocenters. The Bertz CT molecular complexity index is 1120. The molecule has 1 aromatic carbocycles. The van der Waals surface area contributed by atoms with Crippen molar-refractivity contribution in [2.45, 2.75) is 52.2 Å². The summed E-state index contributed by atoms with van der Waals surface area (Å²) in [6.07, 6.45) is 6.63. The van der Waals surface area contributed by atoms with Crippen LogP contribution >= 0.6 is 0 Å². The van der Waals surface area contributed by atoms with E-state index in [0.29, 0.717) is 0 Å². The molecule has 2 amide bonds. The van der Waals surface area contributed by atoms with Crippen molar-refractivity contribution in [3.8, 4) is 0 Å². The van der Waals surface area contributed by atoms with Gasteiger partial charge >= 0.3 is 0 Å². The van der Waals surface area contributed by atoms with E-state index in [1.54, 1.807) is 6.08 Å². The molecular formula is C25H31N3O3. The number of allylic oxidation sites excluding steroid dienone is 3. The highest BCUT2D eigenvalue weighted by Gasteiger charge is 2.41. The number of amides is 2. The summed E-state index contributed by atoms with van der Waals surface area (Å²) >= 11 is 0. The average molecular weight is 422 g/mol. The molecule has 0 saturated carbocycles. The molecule has 164 valence electrons. The number of fused-ring (bicyclic) bond motifs is 1. The van der Waals surface area contributed by atoms with Gasteiger partial charge in [0.15, 0.2) is 0 Å². The van der Waals surface area contributed by atoms with Gasteiger partial charge in [0.1, 0.15) is 5.70 Å². The van der Waals surface area contributed by atoms with Crippen LogP contribution in [0.25, 0.3) is 17.0 Å². The lowest BCUT2D eigenvalue weighted by Gasteiger charge is -2.33. The Morgan fingerprint density at radius 3 is 2.58 bits per heavy atom. The van der Waals surface area contributed by atoms with E-state index in [0.717, 1.165) is 28.6 Å². The second-order valence-corrected chi connectivity index (χ2v) is 8.91. The lowest BCUT2D eigenvalue weighted by Crippen LogP contribution is -2.63. The summed E-state index contributed by atoms with van der Waals surface area (Å²) < 4.78 is 5.17. The summed E-state index contributed by atoms with van der Waals surface area (Å²) in [5, 5.41) is 6.29. The number of rotatable bonds is 6. The minimum Gasteiger partial charge on any atom is -0.357 e.